The highest BCUT2D eigenvalue weighted by molar-refractivity contribution is 5.69. The van der Waals surface area contributed by atoms with Crippen LogP contribution in [0.2, 0.25) is 0 Å². The van der Waals surface area contributed by atoms with Crippen molar-refractivity contribution in [1.82, 2.24) is 4.90 Å². The number of amides is 1. The summed E-state index contributed by atoms with van der Waals surface area (Å²) in [5, 5.41) is 0. The smallest absolute Gasteiger partial charge is 0.410 e. The first kappa shape index (κ1) is 12.3. The third-order valence-electron chi connectivity index (χ3n) is 2.24. The van der Waals surface area contributed by atoms with E-state index in [9.17, 15) is 4.79 Å². The second-order valence-corrected chi connectivity index (χ2v) is 3.96. The van der Waals surface area contributed by atoms with Crippen LogP contribution in [-0.4, -0.2) is 49.4 Å². The lowest BCUT2D eigenvalue weighted by atomic mass is 10.3. The van der Waals surface area contributed by atoms with Crippen molar-refractivity contribution in [3.8, 4) is 0 Å². The van der Waals surface area contributed by atoms with Crippen molar-refractivity contribution in [2.75, 3.05) is 26.2 Å². The molecule has 2 N–H and O–H groups in total. The second-order valence-electron chi connectivity index (χ2n) is 3.96. The van der Waals surface area contributed by atoms with Crippen molar-refractivity contribution >= 4 is 6.09 Å². The van der Waals surface area contributed by atoms with Crippen LogP contribution in [0.4, 0.5) is 4.79 Å². The van der Waals surface area contributed by atoms with Crippen LogP contribution in [0.1, 0.15) is 20.3 Å². The Bertz CT molecular complexity index is 209. The molecule has 0 aromatic carbocycles. The van der Waals surface area contributed by atoms with Gasteiger partial charge in [0.2, 0.25) is 0 Å². The first-order valence-electron chi connectivity index (χ1n) is 5.40. The Labute approximate surface area is 90.5 Å². The third-order valence-corrected chi connectivity index (χ3v) is 2.24. The molecule has 1 heterocycles. The van der Waals surface area contributed by atoms with Gasteiger partial charge in [0.05, 0.1) is 12.6 Å². The van der Waals surface area contributed by atoms with Gasteiger partial charge in [-0.25, -0.2) is 4.79 Å². The number of carbonyl (C=O) groups is 1. The van der Waals surface area contributed by atoms with E-state index in [2.05, 4.69) is 0 Å². The lowest BCUT2D eigenvalue weighted by molar-refractivity contribution is 0.0728. The highest BCUT2D eigenvalue weighted by atomic mass is 16.6. The molecule has 1 aliphatic heterocycles. The number of carbonyl (C=O) groups excluding carboxylic acids is 1. The predicted molar refractivity (Wildman–Crippen MR) is 56.6 cm³/mol. The van der Waals surface area contributed by atoms with Crippen LogP contribution in [-0.2, 0) is 9.47 Å². The molecule has 0 radical (unpaired) electrons. The van der Waals surface area contributed by atoms with Crippen molar-refractivity contribution in [1.29, 1.82) is 0 Å². The monoisotopic (exact) mass is 216 g/mol. The van der Waals surface area contributed by atoms with Crippen LogP contribution in [0.15, 0.2) is 0 Å². The minimum atomic E-state index is -0.255. The number of nitrogens with two attached hydrogens (primary N) is 1. The Morgan fingerprint density at radius 1 is 1.67 bits per heavy atom. The highest BCUT2D eigenvalue weighted by Gasteiger charge is 2.29. The summed E-state index contributed by atoms with van der Waals surface area (Å²) < 4.78 is 10.4. The van der Waals surface area contributed by atoms with Crippen molar-refractivity contribution < 1.29 is 14.3 Å². The molecule has 0 aliphatic carbocycles. The minimum absolute atomic E-state index is 0.136. The van der Waals surface area contributed by atoms with Gasteiger partial charge >= 0.3 is 6.09 Å². The van der Waals surface area contributed by atoms with Crippen LogP contribution >= 0.6 is 0 Å². The zero-order valence-corrected chi connectivity index (χ0v) is 9.44. The first-order valence-corrected chi connectivity index (χ1v) is 5.40. The molecule has 1 fully saturated rings. The molecule has 0 aromatic rings. The van der Waals surface area contributed by atoms with E-state index in [1.54, 1.807) is 4.90 Å². The summed E-state index contributed by atoms with van der Waals surface area (Å²) >= 11 is 0. The van der Waals surface area contributed by atoms with Crippen molar-refractivity contribution in [2.45, 2.75) is 32.5 Å². The molecular formula is C10H20N2O3. The van der Waals surface area contributed by atoms with Gasteiger partial charge in [-0.2, -0.15) is 0 Å². The first-order chi connectivity index (χ1) is 7.13. The average Bonchev–Trinajstić information content (AvgIpc) is 2.54. The van der Waals surface area contributed by atoms with Gasteiger partial charge in [0.1, 0.15) is 6.10 Å². The van der Waals surface area contributed by atoms with Crippen LogP contribution in [0.3, 0.4) is 0 Å². The Morgan fingerprint density at radius 3 is 2.93 bits per heavy atom. The van der Waals surface area contributed by atoms with Gasteiger partial charge in [0, 0.05) is 19.7 Å². The van der Waals surface area contributed by atoms with E-state index in [1.807, 2.05) is 13.8 Å². The Kier molecular flexibility index (Phi) is 4.84. The molecule has 1 aliphatic rings. The predicted octanol–water partition coefficient (Wildman–Crippen LogP) is 0.581. The average molecular weight is 216 g/mol. The lowest BCUT2D eigenvalue weighted by Crippen LogP contribution is -2.29. The topological polar surface area (TPSA) is 64.8 Å². The molecule has 1 unspecified atom stereocenters. The van der Waals surface area contributed by atoms with Gasteiger partial charge < -0.3 is 20.1 Å². The fraction of sp³-hybridized carbons (Fsp3) is 0.900. The number of cyclic esters (lactones) is 1. The van der Waals surface area contributed by atoms with Gasteiger partial charge in [-0.05, 0) is 20.3 Å². The molecule has 5 heteroatoms. The van der Waals surface area contributed by atoms with Gasteiger partial charge in [-0.15, -0.1) is 0 Å². The Balaban J connectivity index is 2.14. The number of hydrogen-bond acceptors (Lipinski definition) is 4. The van der Waals surface area contributed by atoms with Gasteiger partial charge in [-0.3, -0.25) is 0 Å². The molecule has 1 atom stereocenters. The maximum atomic E-state index is 11.3. The van der Waals surface area contributed by atoms with Crippen LogP contribution in [0, 0.1) is 0 Å². The zero-order chi connectivity index (χ0) is 11.3. The van der Waals surface area contributed by atoms with Crippen molar-refractivity contribution in [3.63, 3.8) is 0 Å². The Morgan fingerprint density at radius 2 is 2.40 bits per heavy atom. The summed E-state index contributed by atoms with van der Waals surface area (Å²) in [7, 11) is 0. The highest BCUT2D eigenvalue weighted by Crippen LogP contribution is 2.10. The number of nitrogens with zero attached hydrogens (tertiary/aromatic N) is 1. The minimum Gasteiger partial charge on any atom is -0.443 e. The van der Waals surface area contributed by atoms with Gasteiger partial charge in [0.25, 0.3) is 0 Å². The standard InChI is InChI=1S/C10H20N2O3/c1-8(2)14-5-3-4-12-7-9(6-11)15-10(12)13/h8-9H,3-7,11H2,1-2H3. The van der Waals surface area contributed by atoms with Crippen molar-refractivity contribution in [3.05, 3.63) is 0 Å². The van der Waals surface area contributed by atoms with E-state index >= 15 is 0 Å². The van der Waals surface area contributed by atoms with Crippen molar-refractivity contribution in [2.24, 2.45) is 5.73 Å². The van der Waals surface area contributed by atoms with Crippen LogP contribution < -0.4 is 5.73 Å². The van der Waals surface area contributed by atoms with E-state index in [0.717, 1.165) is 6.42 Å². The third kappa shape index (κ3) is 4.05. The summed E-state index contributed by atoms with van der Waals surface area (Å²) in [4.78, 5) is 13.0. The zero-order valence-electron chi connectivity index (χ0n) is 9.44. The van der Waals surface area contributed by atoms with Crippen LogP contribution in [0.5, 0.6) is 0 Å². The molecule has 0 spiro atoms. The van der Waals surface area contributed by atoms with Crippen LogP contribution in [0.25, 0.3) is 0 Å². The van der Waals surface area contributed by atoms with E-state index < -0.39 is 0 Å². The molecule has 1 amide bonds. The summed E-state index contributed by atoms with van der Waals surface area (Å²) in [5.41, 5.74) is 5.42. The largest absolute Gasteiger partial charge is 0.443 e. The van der Waals surface area contributed by atoms with E-state index in [-0.39, 0.29) is 18.3 Å². The normalized spacial score (nSPS) is 21.2. The molecule has 15 heavy (non-hydrogen) atoms. The van der Waals surface area contributed by atoms with Gasteiger partial charge in [-0.1, -0.05) is 0 Å². The molecular weight excluding hydrogens is 196 g/mol. The SMILES string of the molecule is CC(C)OCCCN1CC(CN)OC1=O. The molecule has 0 bridgehead atoms. The fourth-order valence-electron chi connectivity index (χ4n) is 1.45. The van der Waals surface area contributed by atoms with E-state index in [1.165, 1.54) is 0 Å². The Hall–Kier alpha value is -0.810. The number of rotatable bonds is 6. The maximum Gasteiger partial charge on any atom is 0.410 e. The summed E-state index contributed by atoms with van der Waals surface area (Å²) in [6.45, 7) is 6.35. The molecule has 88 valence electrons. The summed E-state index contributed by atoms with van der Waals surface area (Å²) in [5.74, 6) is 0. The summed E-state index contributed by atoms with van der Waals surface area (Å²) in [6, 6.07) is 0. The van der Waals surface area contributed by atoms with E-state index in [4.69, 9.17) is 15.2 Å². The molecule has 1 rings (SSSR count). The van der Waals surface area contributed by atoms with E-state index in [0.29, 0.717) is 26.2 Å². The second kappa shape index (κ2) is 5.92. The number of ether oxygens (including phenoxy) is 2. The van der Waals surface area contributed by atoms with Gasteiger partial charge in [0.15, 0.2) is 0 Å². The quantitative estimate of drug-likeness (QED) is 0.660. The fourth-order valence-corrected chi connectivity index (χ4v) is 1.45. The number of hydrogen-bond donors (Lipinski definition) is 1. The molecule has 5 nitrogen and oxygen atoms in total. The lowest BCUT2D eigenvalue weighted by Gasteiger charge is -2.13. The maximum absolute atomic E-state index is 11.3. The molecule has 0 saturated carbocycles. The molecule has 1 saturated heterocycles. The molecule has 0 aromatic heterocycles. The summed E-state index contributed by atoms with van der Waals surface area (Å²) in [6.07, 6.45) is 0.690.